The average molecular weight is 959 g/mol. The first kappa shape index (κ1) is 55.6. The quantitative estimate of drug-likeness (QED) is 0.132. The Morgan fingerprint density at radius 2 is 1.51 bits per heavy atom. The van der Waals surface area contributed by atoms with Crippen LogP contribution in [0.15, 0.2) is 35.5 Å². The summed E-state index contributed by atoms with van der Waals surface area (Å²) in [5.41, 5.74) is 1.55. The van der Waals surface area contributed by atoms with Crippen LogP contribution in [0, 0.1) is 29.6 Å². The van der Waals surface area contributed by atoms with Crippen molar-refractivity contribution < 1.29 is 68.1 Å². The number of ether oxygens (including phenoxy) is 5. The van der Waals surface area contributed by atoms with E-state index in [1.54, 1.807) is 32.8 Å². The molecule has 0 aromatic carbocycles. The maximum absolute atomic E-state index is 14.5. The molecule has 0 aromatic rings. The number of amides is 2. The number of rotatable bonds is 10. The first-order valence-electron chi connectivity index (χ1n) is 25.2. The van der Waals surface area contributed by atoms with E-state index in [0.29, 0.717) is 95.7 Å². The molecule has 4 fully saturated rings. The molecule has 4 heterocycles. The molecule has 68 heavy (non-hydrogen) atoms. The number of likely N-dealkylation sites (tertiary alicyclic amines) is 1. The number of nitrogens with zero attached hydrogens (tertiary/aromatic N) is 2. The predicted octanol–water partition coefficient (Wildman–Crippen LogP) is 4.77. The minimum atomic E-state index is -2.54. The number of cyclic esters (lactones) is 1. The molecule has 2 amide bonds. The lowest BCUT2D eigenvalue weighted by Crippen LogP contribution is -2.64. The summed E-state index contributed by atoms with van der Waals surface area (Å²) in [6.07, 6.45) is 7.94. The van der Waals surface area contributed by atoms with Gasteiger partial charge in [-0.3, -0.25) is 19.2 Å². The van der Waals surface area contributed by atoms with Gasteiger partial charge in [-0.25, -0.2) is 4.79 Å². The number of hydrogen-bond donors (Lipinski definition) is 4. The molecule has 2 bridgehead atoms. The molecule has 4 N–H and O–H groups in total. The van der Waals surface area contributed by atoms with Gasteiger partial charge >= 0.3 is 5.97 Å². The number of aliphatic hydroxyl groups is 4. The molecule has 14 atom stereocenters. The van der Waals surface area contributed by atoms with Crippen molar-refractivity contribution in [3.63, 3.8) is 0 Å². The molecule has 0 aromatic heterocycles. The van der Waals surface area contributed by atoms with Gasteiger partial charge < -0.3 is 53.9 Å². The average Bonchev–Trinajstić information content (AvgIpc) is 3.32. The summed E-state index contributed by atoms with van der Waals surface area (Å²) in [4.78, 5) is 73.5. The van der Waals surface area contributed by atoms with Crippen LogP contribution >= 0.6 is 0 Å². The lowest BCUT2D eigenvalue weighted by Gasteiger charge is -2.47. The third-order valence-corrected chi connectivity index (χ3v) is 15.4. The number of carbonyl (C=O) groups excluding carboxylic acids is 5. The third-order valence-electron chi connectivity index (χ3n) is 15.4. The molecule has 16 heteroatoms. The number of allylic oxidation sites excluding steroid dienone is 5. The zero-order chi connectivity index (χ0) is 49.9. The highest BCUT2D eigenvalue weighted by Gasteiger charge is 2.56. The predicted molar refractivity (Wildman–Crippen MR) is 253 cm³/mol. The largest absolute Gasteiger partial charge is 0.456 e. The number of aliphatic hydroxyl groups excluding tert-OH is 3. The normalized spacial score (nSPS) is 38.1. The van der Waals surface area contributed by atoms with Gasteiger partial charge in [-0.2, -0.15) is 0 Å². The van der Waals surface area contributed by atoms with Crippen LogP contribution in [-0.2, 0) is 47.7 Å². The number of fused-ring (bicyclic) bond motifs is 3. The minimum absolute atomic E-state index is 0.0233. The van der Waals surface area contributed by atoms with E-state index < -0.39 is 83.9 Å². The Morgan fingerprint density at radius 3 is 2.19 bits per heavy atom. The second kappa shape index (κ2) is 25.7. The number of carbonyl (C=O) groups is 5. The van der Waals surface area contributed by atoms with E-state index in [-0.39, 0.29) is 61.5 Å². The van der Waals surface area contributed by atoms with E-state index in [1.165, 1.54) is 19.1 Å². The fraction of sp³-hybridized carbons (Fsp3) is 0.788. The second-order valence-electron chi connectivity index (χ2n) is 20.6. The molecule has 3 saturated heterocycles. The molecule has 1 aliphatic carbocycles. The van der Waals surface area contributed by atoms with Crippen molar-refractivity contribution >= 4 is 29.4 Å². The Hall–Kier alpha value is -3.35. The molecule has 1 saturated carbocycles. The van der Waals surface area contributed by atoms with Crippen LogP contribution in [0.3, 0.4) is 0 Å². The summed E-state index contributed by atoms with van der Waals surface area (Å²) in [5, 5.41) is 44.5. The Balaban J connectivity index is 1.49. The zero-order valence-electron chi connectivity index (χ0n) is 41.9. The fourth-order valence-corrected chi connectivity index (χ4v) is 11.1. The molecule has 5 rings (SSSR count). The standard InChI is InChI=1S/C52H82N2O14/c1-31-24-32(2)26-44(65-7)48-45(66-8)28-34(4)52(63,68-48)49(60)50(61)54-21-13-12-15-39(54)51(62)67-47(33(3)27-36-17-18-40(56)43(29-36)64-6)35(5)41(57)30-42(58)37(25-31)14-10-9-11-16-46(59)53-22-19-38(55)20-23-53/h9-10,25,27,32,34-41,43-45,47-48,55-57,63H,11-24,26,28-30H2,1-8H3/b10-9+,31-25+,33-27+/t32-,34+,35+,36-,37+,39-,40+,41-,43+,44-,45-,47+,48+,52+/m0/s1. The smallest absolute Gasteiger partial charge is 0.329 e. The van der Waals surface area contributed by atoms with Gasteiger partial charge in [0.25, 0.3) is 11.7 Å². The zero-order valence-corrected chi connectivity index (χ0v) is 41.9. The van der Waals surface area contributed by atoms with Gasteiger partial charge in [-0.15, -0.1) is 0 Å². The van der Waals surface area contributed by atoms with Crippen LogP contribution in [0.1, 0.15) is 131 Å². The number of ketones is 2. The lowest BCUT2D eigenvalue weighted by molar-refractivity contribution is -0.302. The second-order valence-corrected chi connectivity index (χ2v) is 20.6. The van der Waals surface area contributed by atoms with E-state index in [1.807, 2.05) is 38.2 Å². The third kappa shape index (κ3) is 14.2. The summed E-state index contributed by atoms with van der Waals surface area (Å²) in [5.74, 6) is -8.14. The number of esters is 1. The van der Waals surface area contributed by atoms with Gasteiger partial charge in [0.2, 0.25) is 11.7 Å². The first-order chi connectivity index (χ1) is 32.3. The molecular formula is C52H82N2O14. The molecule has 0 unspecified atom stereocenters. The van der Waals surface area contributed by atoms with Crippen LogP contribution in [0.5, 0.6) is 0 Å². The van der Waals surface area contributed by atoms with Crippen LogP contribution in [0.4, 0.5) is 0 Å². The molecule has 0 radical (unpaired) electrons. The Labute approximate surface area is 403 Å². The molecular weight excluding hydrogens is 877 g/mol. The maximum atomic E-state index is 14.5. The topological polar surface area (TPSA) is 219 Å². The highest BCUT2D eigenvalue weighted by Crippen LogP contribution is 2.39. The number of Topliss-reactive ketones (excluding diaryl/α,β-unsaturated/α-hetero) is 2. The van der Waals surface area contributed by atoms with Crippen molar-refractivity contribution in [1.29, 1.82) is 0 Å². The highest BCUT2D eigenvalue weighted by molar-refractivity contribution is 6.39. The maximum Gasteiger partial charge on any atom is 0.329 e. The Bertz CT molecular complexity index is 1810. The summed E-state index contributed by atoms with van der Waals surface area (Å²) in [7, 11) is 4.59. The van der Waals surface area contributed by atoms with Crippen LogP contribution < -0.4 is 0 Å². The van der Waals surface area contributed by atoms with E-state index >= 15 is 0 Å². The van der Waals surface area contributed by atoms with Gasteiger partial charge in [0.15, 0.2) is 0 Å². The van der Waals surface area contributed by atoms with Gasteiger partial charge in [0.1, 0.15) is 24.0 Å². The first-order valence-corrected chi connectivity index (χ1v) is 25.2. The number of hydrogen-bond acceptors (Lipinski definition) is 14. The van der Waals surface area contributed by atoms with Gasteiger partial charge in [-0.05, 0) is 115 Å². The fourth-order valence-electron chi connectivity index (χ4n) is 11.1. The SMILES string of the molecule is CO[C@H]1C[C@@H](C)C/C(C)=C/[C@@H](C/C=C/CCC(=O)N2CCC(O)CC2)C(=O)C[C@H](O)[C@@H](C)[C@@H](/C(C)=C/[C@@H]2CC[C@@H](O)[C@H](OC)C2)OC(=O)[C@@H]2CCCCN2C(=O)C(=O)[C@]2(O)O[C@H]1[C@@H](OC)C[C@H]2C. The molecule has 384 valence electrons. The van der Waals surface area contributed by atoms with Crippen molar-refractivity contribution in [3.05, 3.63) is 35.5 Å². The Morgan fingerprint density at radius 1 is 0.838 bits per heavy atom. The van der Waals surface area contributed by atoms with E-state index in [9.17, 15) is 44.4 Å². The van der Waals surface area contributed by atoms with E-state index in [2.05, 4.69) is 0 Å². The van der Waals surface area contributed by atoms with Gasteiger partial charge in [0.05, 0.1) is 36.6 Å². The van der Waals surface area contributed by atoms with Crippen LogP contribution in [0.2, 0.25) is 0 Å². The summed E-state index contributed by atoms with van der Waals surface area (Å²) >= 11 is 0. The summed E-state index contributed by atoms with van der Waals surface area (Å²) in [6, 6.07) is -1.18. The number of methoxy groups -OCH3 is 3. The molecule has 4 aliphatic heterocycles. The van der Waals surface area contributed by atoms with Crippen molar-refractivity contribution in [2.75, 3.05) is 41.0 Å². The lowest BCUT2D eigenvalue weighted by atomic mass is 9.81. The van der Waals surface area contributed by atoms with Gasteiger partial charge in [0, 0.05) is 71.6 Å². The highest BCUT2D eigenvalue weighted by atomic mass is 16.7. The van der Waals surface area contributed by atoms with Crippen LogP contribution in [0.25, 0.3) is 0 Å². The van der Waals surface area contributed by atoms with Crippen molar-refractivity contribution in [1.82, 2.24) is 9.80 Å². The molecule has 0 spiro atoms. The molecule has 16 nitrogen and oxygen atoms in total. The van der Waals surface area contributed by atoms with E-state index in [4.69, 9.17) is 23.7 Å². The van der Waals surface area contributed by atoms with Crippen molar-refractivity contribution in [2.45, 2.75) is 192 Å². The minimum Gasteiger partial charge on any atom is -0.456 e. The Kier molecular flexibility index (Phi) is 21.0. The van der Waals surface area contributed by atoms with Crippen LogP contribution in [-0.4, -0.2) is 161 Å². The van der Waals surface area contributed by atoms with Crippen molar-refractivity contribution in [3.8, 4) is 0 Å². The monoisotopic (exact) mass is 959 g/mol. The molecule has 5 aliphatic rings. The summed E-state index contributed by atoms with van der Waals surface area (Å²) in [6.45, 7) is 10.3. The van der Waals surface area contributed by atoms with Crippen molar-refractivity contribution in [2.24, 2.45) is 29.6 Å². The van der Waals surface area contributed by atoms with E-state index in [0.717, 1.165) is 5.57 Å². The summed E-state index contributed by atoms with van der Waals surface area (Å²) < 4.78 is 30.0. The van der Waals surface area contributed by atoms with Gasteiger partial charge in [-0.1, -0.05) is 50.6 Å². The number of piperidine rings is 2.